The lowest BCUT2D eigenvalue weighted by atomic mass is 9.95. The number of amides is 1. The van der Waals surface area contributed by atoms with Gasteiger partial charge in [-0.2, -0.15) is 0 Å². The summed E-state index contributed by atoms with van der Waals surface area (Å²) in [4.78, 5) is 38.9. The van der Waals surface area contributed by atoms with E-state index in [1.54, 1.807) is 49.4 Å². The Morgan fingerprint density at radius 3 is 1.97 bits per heavy atom. The van der Waals surface area contributed by atoms with Crippen molar-refractivity contribution < 1.29 is 29.7 Å². The average Bonchev–Trinajstić information content (AvgIpc) is 2.85. The van der Waals surface area contributed by atoms with E-state index in [9.17, 15) is 29.7 Å². The molecule has 0 aliphatic heterocycles. The molecular formula is C28H25NO6. The van der Waals surface area contributed by atoms with Crippen molar-refractivity contribution in [2.24, 2.45) is 5.92 Å². The van der Waals surface area contributed by atoms with Gasteiger partial charge in [-0.3, -0.25) is 14.4 Å². The molecule has 1 atom stereocenters. The van der Waals surface area contributed by atoms with Gasteiger partial charge in [0.05, 0.1) is 6.61 Å². The van der Waals surface area contributed by atoms with Crippen molar-refractivity contribution in [3.05, 3.63) is 101 Å². The lowest BCUT2D eigenvalue weighted by Crippen LogP contribution is -2.34. The van der Waals surface area contributed by atoms with Crippen LogP contribution in [0.5, 0.6) is 11.5 Å². The highest BCUT2D eigenvalue weighted by Gasteiger charge is 2.31. The molecule has 0 saturated carbocycles. The van der Waals surface area contributed by atoms with Crippen molar-refractivity contribution in [3.63, 3.8) is 0 Å². The van der Waals surface area contributed by atoms with Crippen molar-refractivity contribution >= 4 is 35.3 Å². The molecule has 35 heavy (non-hydrogen) atoms. The molecule has 3 rings (SSSR count). The van der Waals surface area contributed by atoms with Crippen molar-refractivity contribution in [1.29, 1.82) is 0 Å². The maximum absolute atomic E-state index is 13.0. The number of aryl methyl sites for hydroxylation is 1. The predicted molar refractivity (Wildman–Crippen MR) is 134 cm³/mol. The monoisotopic (exact) mass is 471 g/mol. The zero-order chi connectivity index (χ0) is 25.4. The normalized spacial score (nSPS) is 12.1. The van der Waals surface area contributed by atoms with Crippen LogP contribution in [0.2, 0.25) is 0 Å². The van der Waals surface area contributed by atoms with Crippen LogP contribution >= 0.6 is 0 Å². The smallest absolute Gasteiger partial charge is 0.243 e. The van der Waals surface area contributed by atoms with Gasteiger partial charge in [0, 0.05) is 11.3 Å². The quantitative estimate of drug-likeness (QED) is 0.276. The highest BCUT2D eigenvalue weighted by molar-refractivity contribution is 6.28. The number of benzene rings is 3. The highest BCUT2D eigenvalue weighted by atomic mass is 16.3. The van der Waals surface area contributed by atoms with Crippen molar-refractivity contribution in [1.82, 2.24) is 0 Å². The number of aliphatic hydroxyl groups excluding tert-OH is 1. The number of para-hydroxylation sites is 1. The van der Waals surface area contributed by atoms with E-state index in [0.717, 1.165) is 12.2 Å². The lowest BCUT2D eigenvalue weighted by Gasteiger charge is -2.12. The van der Waals surface area contributed by atoms with Crippen LogP contribution < -0.4 is 5.32 Å². The van der Waals surface area contributed by atoms with Crippen molar-refractivity contribution in [3.8, 4) is 11.5 Å². The van der Waals surface area contributed by atoms with Gasteiger partial charge in [0.25, 0.3) is 0 Å². The topological polar surface area (TPSA) is 124 Å². The number of phenolic OH excluding ortho intramolecular Hbond substituents is 1. The number of hydrogen-bond acceptors (Lipinski definition) is 6. The number of carbonyl (C=O) groups excluding carboxylic acids is 3. The molecule has 0 radical (unpaired) electrons. The molecule has 7 heteroatoms. The zero-order valence-electron chi connectivity index (χ0n) is 19.0. The Labute approximate surface area is 202 Å². The number of phenols is 2. The van der Waals surface area contributed by atoms with Crippen LogP contribution in [0.4, 0.5) is 5.69 Å². The van der Waals surface area contributed by atoms with Crippen LogP contribution in [0, 0.1) is 12.8 Å². The number of aromatic hydroxyl groups is 2. The van der Waals surface area contributed by atoms with Gasteiger partial charge in [0.1, 0.15) is 11.5 Å². The Morgan fingerprint density at radius 2 is 1.40 bits per heavy atom. The third kappa shape index (κ3) is 6.75. The average molecular weight is 472 g/mol. The summed E-state index contributed by atoms with van der Waals surface area (Å²) >= 11 is 0. The van der Waals surface area contributed by atoms with E-state index in [2.05, 4.69) is 5.32 Å². The van der Waals surface area contributed by atoms with E-state index in [0.29, 0.717) is 22.4 Å². The first kappa shape index (κ1) is 25.1. The number of anilines is 1. The fourth-order valence-electron chi connectivity index (χ4n) is 3.30. The molecule has 1 amide bonds. The molecule has 1 unspecified atom stereocenters. The molecule has 0 spiro atoms. The van der Waals surface area contributed by atoms with Crippen LogP contribution in [0.25, 0.3) is 12.2 Å². The summed E-state index contributed by atoms with van der Waals surface area (Å²) in [5.41, 5.74) is 2.47. The molecule has 0 bridgehead atoms. The first-order chi connectivity index (χ1) is 16.8. The Morgan fingerprint density at radius 1 is 0.829 bits per heavy atom. The van der Waals surface area contributed by atoms with Crippen molar-refractivity contribution in [2.45, 2.75) is 13.5 Å². The Hall–Kier alpha value is -4.49. The molecule has 0 aliphatic rings. The molecule has 0 saturated heterocycles. The standard InChI is InChI=1S/C28H25NO6/c1-18-15-19(7-11-23(18)31)9-13-25(33)27(28(35)29-22-5-3-2-4-6-22)26(34)14-10-20-8-12-24(32)21(16-20)17-30/h2-16,27,30-32H,17H2,1H3,(H,29,35)/b13-9+,14-10+. The molecule has 3 aromatic rings. The largest absolute Gasteiger partial charge is 0.508 e. The Bertz CT molecular complexity index is 1290. The van der Waals surface area contributed by atoms with Gasteiger partial charge in [-0.1, -0.05) is 42.5 Å². The highest BCUT2D eigenvalue weighted by Crippen LogP contribution is 2.20. The van der Waals surface area contributed by atoms with E-state index in [1.165, 1.54) is 36.4 Å². The van der Waals surface area contributed by atoms with Gasteiger partial charge in [-0.05, 0) is 72.2 Å². The summed E-state index contributed by atoms with van der Waals surface area (Å²) in [7, 11) is 0. The SMILES string of the molecule is Cc1cc(/C=C/C(=O)C(C(=O)/C=C/c2ccc(O)c(CO)c2)C(=O)Nc2ccccc2)ccc1O. The summed E-state index contributed by atoms with van der Waals surface area (Å²) in [5.74, 6) is -3.80. The second-order valence-corrected chi connectivity index (χ2v) is 7.85. The van der Waals surface area contributed by atoms with E-state index >= 15 is 0 Å². The van der Waals surface area contributed by atoms with Gasteiger partial charge in [0.15, 0.2) is 17.5 Å². The van der Waals surface area contributed by atoms with Gasteiger partial charge in [-0.25, -0.2) is 0 Å². The number of ketones is 2. The van der Waals surface area contributed by atoms with Crippen LogP contribution in [0.1, 0.15) is 22.3 Å². The van der Waals surface area contributed by atoms with Crippen molar-refractivity contribution in [2.75, 3.05) is 5.32 Å². The number of hydrogen-bond donors (Lipinski definition) is 4. The molecule has 0 aromatic heterocycles. The lowest BCUT2D eigenvalue weighted by molar-refractivity contribution is -0.134. The number of carbonyl (C=O) groups is 3. The maximum atomic E-state index is 13.0. The summed E-state index contributed by atoms with van der Waals surface area (Å²) in [6.45, 7) is 1.33. The van der Waals surface area contributed by atoms with Crippen LogP contribution in [0.15, 0.2) is 78.9 Å². The first-order valence-corrected chi connectivity index (χ1v) is 10.8. The van der Waals surface area contributed by atoms with Gasteiger partial charge < -0.3 is 20.6 Å². The summed E-state index contributed by atoms with van der Waals surface area (Å²) in [6, 6.07) is 17.7. The van der Waals surface area contributed by atoms with E-state index in [-0.39, 0.29) is 23.7 Å². The van der Waals surface area contributed by atoms with Gasteiger partial charge in [0.2, 0.25) is 5.91 Å². The molecule has 0 fully saturated rings. The summed E-state index contributed by atoms with van der Waals surface area (Å²) in [6.07, 6.45) is 5.17. The molecule has 178 valence electrons. The van der Waals surface area contributed by atoms with E-state index < -0.39 is 23.4 Å². The minimum absolute atomic E-state index is 0.0825. The molecule has 0 aliphatic carbocycles. The summed E-state index contributed by atoms with van der Waals surface area (Å²) < 4.78 is 0. The number of aliphatic hydroxyl groups is 1. The first-order valence-electron chi connectivity index (χ1n) is 10.8. The van der Waals surface area contributed by atoms with Crippen LogP contribution in [0.3, 0.4) is 0 Å². The van der Waals surface area contributed by atoms with Crippen LogP contribution in [-0.4, -0.2) is 32.8 Å². The number of rotatable bonds is 9. The Balaban J connectivity index is 1.86. The Kier molecular flexibility index (Phi) is 8.32. The summed E-state index contributed by atoms with van der Waals surface area (Å²) in [5, 5.41) is 31.3. The van der Waals surface area contributed by atoms with Crippen LogP contribution in [-0.2, 0) is 21.0 Å². The molecule has 7 nitrogen and oxygen atoms in total. The fraction of sp³-hybridized carbons (Fsp3) is 0.107. The second kappa shape index (κ2) is 11.6. The van der Waals surface area contributed by atoms with Gasteiger partial charge in [-0.15, -0.1) is 0 Å². The minimum atomic E-state index is -1.63. The van der Waals surface area contributed by atoms with E-state index in [4.69, 9.17) is 0 Å². The van der Waals surface area contributed by atoms with Gasteiger partial charge >= 0.3 is 0 Å². The minimum Gasteiger partial charge on any atom is -0.508 e. The molecule has 4 N–H and O–H groups in total. The molecule has 0 heterocycles. The number of nitrogens with one attached hydrogen (secondary N) is 1. The number of allylic oxidation sites excluding steroid dienone is 2. The third-order valence-electron chi connectivity index (χ3n) is 5.25. The van der Waals surface area contributed by atoms with E-state index in [1.807, 2.05) is 0 Å². The second-order valence-electron chi connectivity index (χ2n) is 7.85. The third-order valence-corrected chi connectivity index (χ3v) is 5.25. The molecule has 3 aromatic carbocycles. The maximum Gasteiger partial charge on any atom is 0.243 e. The zero-order valence-corrected chi connectivity index (χ0v) is 19.0. The fourth-order valence-corrected chi connectivity index (χ4v) is 3.30. The molecular weight excluding hydrogens is 446 g/mol. The predicted octanol–water partition coefficient (Wildman–Crippen LogP) is 4.02.